The van der Waals surface area contributed by atoms with E-state index in [0.717, 1.165) is 25.7 Å². The third-order valence-corrected chi connectivity index (χ3v) is 6.50. The van der Waals surface area contributed by atoms with Gasteiger partial charge in [0.2, 0.25) is 10.0 Å². The molecule has 0 radical (unpaired) electrons. The van der Waals surface area contributed by atoms with Crippen LogP contribution in [-0.2, 0) is 16.6 Å². The first-order chi connectivity index (χ1) is 9.55. The van der Waals surface area contributed by atoms with E-state index in [4.69, 9.17) is 0 Å². The summed E-state index contributed by atoms with van der Waals surface area (Å²) < 4.78 is 27.6. The Balaban J connectivity index is 2.32. The minimum absolute atomic E-state index is 0.157. The molecule has 0 atom stereocenters. The summed E-state index contributed by atoms with van der Waals surface area (Å²) in [4.78, 5) is 0.254. The fraction of sp³-hybridized carbons (Fsp3) is 0.571. The standard InChI is InChI=1S/C14H20BrNO3S/c15-13-7-6-12(11-17)10-14(13)20(18,19)16-8-4-2-1-3-5-9-16/h6-7,10,17H,1-5,8-9,11H2. The first kappa shape index (κ1) is 15.9. The van der Waals surface area contributed by atoms with E-state index in [1.54, 1.807) is 22.5 Å². The Morgan fingerprint density at radius 1 is 1.10 bits per heavy atom. The van der Waals surface area contributed by atoms with Crippen LogP contribution in [0, 0.1) is 0 Å². The Labute approximate surface area is 129 Å². The molecule has 1 N–H and O–H groups in total. The van der Waals surface area contributed by atoms with Crippen molar-refractivity contribution in [2.45, 2.75) is 43.6 Å². The van der Waals surface area contributed by atoms with Crippen molar-refractivity contribution in [1.82, 2.24) is 4.31 Å². The zero-order valence-electron chi connectivity index (χ0n) is 11.4. The van der Waals surface area contributed by atoms with E-state index in [1.807, 2.05) is 0 Å². The monoisotopic (exact) mass is 361 g/mol. The predicted octanol–water partition coefficient (Wildman–Crippen LogP) is 2.90. The topological polar surface area (TPSA) is 57.6 Å². The molecule has 6 heteroatoms. The van der Waals surface area contributed by atoms with Gasteiger partial charge in [0.05, 0.1) is 11.5 Å². The van der Waals surface area contributed by atoms with Crippen molar-refractivity contribution in [2.24, 2.45) is 0 Å². The number of halogens is 1. The maximum atomic E-state index is 12.8. The van der Waals surface area contributed by atoms with Crippen LogP contribution in [0.4, 0.5) is 0 Å². The Morgan fingerprint density at radius 2 is 1.70 bits per heavy atom. The zero-order valence-corrected chi connectivity index (χ0v) is 13.8. The summed E-state index contributed by atoms with van der Waals surface area (Å²) in [6.45, 7) is 1.01. The summed E-state index contributed by atoms with van der Waals surface area (Å²) in [6, 6.07) is 4.96. The van der Waals surface area contributed by atoms with Gasteiger partial charge >= 0.3 is 0 Å². The zero-order chi connectivity index (χ0) is 14.6. The molecule has 1 fully saturated rings. The van der Waals surface area contributed by atoms with E-state index in [1.165, 1.54) is 6.42 Å². The molecule has 0 aromatic heterocycles. The number of benzene rings is 1. The van der Waals surface area contributed by atoms with E-state index >= 15 is 0 Å². The number of aliphatic hydroxyl groups excluding tert-OH is 1. The molecule has 20 heavy (non-hydrogen) atoms. The fourth-order valence-electron chi connectivity index (χ4n) is 2.44. The van der Waals surface area contributed by atoms with Gasteiger partial charge in [-0.2, -0.15) is 4.31 Å². The first-order valence-electron chi connectivity index (χ1n) is 6.95. The molecule has 1 saturated heterocycles. The van der Waals surface area contributed by atoms with Gasteiger partial charge in [-0.1, -0.05) is 25.3 Å². The Morgan fingerprint density at radius 3 is 2.30 bits per heavy atom. The van der Waals surface area contributed by atoms with Crippen LogP contribution in [0.1, 0.15) is 37.7 Å². The third kappa shape index (κ3) is 3.61. The second-order valence-electron chi connectivity index (χ2n) is 5.09. The molecule has 4 nitrogen and oxygen atoms in total. The highest BCUT2D eigenvalue weighted by Crippen LogP contribution is 2.27. The van der Waals surface area contributed by atoms with Gasteiger partial charge in [-0.3, -0.25) is 0 Å². The van der Waals surface area contributed by atoms with Gasteiger partial charge < -0.3 is 5.11 Å². The Kier molecular flexibility index (Phi) is 5.60. The molecule has 1 aliphatic heterocycles. The van der Waals surface area contributed by atoms with Crippen LogP contribution in [0.5, 0.6) is 0 Å². The lowest BCUT2D eigenvalue weighted by molar-refractivity contribution is 0.281. The van der Waals surface area contributed by atoms with E-state index in [-0.39, 0.29) is 11.5 Å². The molecule has 0 aliphatic carbocycles. The van der Waals surface area contributed by atoms with E-state index < -0.39 is 10.0 Å². The van der Waals surface area contributed by atoms with Gasteiger partial charge in [-0.15, -0.1) is 0 Å². The summed E-state index contributed by atoms with van der Waals surface area (Å²) >= 11 is 3.31. The molecule has 1 heterocycles. The maximum Gasteiger partial charge on any atom is 0.244 e. The molecule has 0 spiro atoms. The van der Waals surface area contributed by atoms with Crippen LogP contribution in [0.3, 0.4) is 0 Å². The van der Waals surface area contributed by atoms with Crippen LogP contribution in [0.25, 0.3) is 0 Å². The molecule has 0 unspecified atom stereocenters. The van der Waals surface area contributed by atoms with Crippen molar-refractivity contribution in [1.29, 1.82) is 0 Å². The summed E-state index contributed by atoms with van der Waals surface area (Å²) in [7, 11) is -3.49. The fourth-order valence-corrected chi connectivity index (χ4v) is 4.93. The average molecular weight is 362 g/mol. The number of aliphatic hydroxyl groups is 1. The largest absolute Gasteiger partial charge is 0.392 e. The quantitative estimate of drug-likeness (QED) is 0.900. The highest BCUT2D eigenvalue weighted by Gasteiger charge is 2.26. The molecule has 0 bridgehead atoms. The van der Waals surface area contributed by atoms with Crippen molar-refractivity contribution in [3.8, 4) is 0 Å². The van der Waals surface area contributed by atoms with E-state index in [2.05, 4.69) is 15.9 Å². The lowest BCUT2D eigenvalue weighted by Crippen LogP contribution is -2.34. The summed E-state index contributed by atoms with van der Waals surface area (Å²) in [5.74, 6) is 0. The van der Waals surface area contributed by atoms with Crippen molar-refractivity contribution < 1.29 is 13.5 Å². The summed E-state index contributed by atoms with van der Waals surface area (Å²) in [6.07, 6.45) is 5.19. The molecule has 2 rings (SSSR count). The Hall–Kier alpha value is -0.430. The SMILES string of the molecule is O=S(=O)(c1cc(CO)ccc1Br)N1CCCCCCC1. The van der Waals surface area contributed by atoms with Gasteiger partial charge in [-0.05, 0) is 46.5 Å². The number of rotatable bonds is 3. The summed E-state index contributed by atoms with van der Waals surface area (Å²) in [5, 5.41) is 9.19. The van der Waals surface area contributed by atoms with Crippen molar-refractivity contribution >= 4 is 26.0 Å². The highest BCUT2D eigenvalue weighted by atomic mass is 79.9. The lowest BCUT2D eigenvalue weighted by Gasteiger charge is -2.24. The normalized spacial score (nSPS) is 18.5. The van der Waals surface area contributed by atoms with Gasteiger partial charge in [-0.25, -0.2) is 8.42 Å². The predicted molar refractivity (Wildman–Crippen MR) is 81.9 cm³/mol. The summed E-state index contributed by atoms with van der Waals surface area (Å²) in [5.41, 5.74) is 0.610. The Bertz CT molecular complexity index is 552. The average Bonchev–Trinajstić information content (AvgIpc) is 2.38. The number of hydrogen-bond donors (Lipinski definition) is 1. The van der Waals surface area contributed by atoms with Gasteiger partial charge in [0.1, 0.15) is 0 Å². The van der Waals surface area contributed by atoms with E-state index in [0.29, 0.717) is 23.1 Å². The van der Waals surface area contributed by atoms with Gasteiger partial charge in [0.15, 0.2) is 0 Å². The highest BCUT2D eigenvalue weighted by molar-refractivity contribution is 9.10. The second-order valence-corrected chi connectivity index (χ2v) is 7.86. The molecular weight excluding hydrogens is 342 g/mol. The van der Waals surface area contributed by atoms with Crippen molar-refractivity contribution in [3.05, 3.63) is 28.2 Å². The second kappa shape index (κ2) is 7.02. The van der Waals surface area contributed by atoms with Crippen LogP contribution in [0.2, 0.25) is 0 Å². The van der Waals surface area contributed by atoms with Crippen LogP contribution in [-0.4, -0.2) is 30.9 Å². The number of nitrogens with zero attached hydrogens (tertiary/aromatic N) is 1. The van der Waals surface area contributed by atoms with Crippen LogP contribution >= 0.6 is 15.9 Å². The minimum Gasteiger partial charge on any atom is -0.392 e. The molecule has 1 aliphatic rings. The van der Waals surface area contributed by atoms with Crippen molar-refractivity contribution in [2.75, 3.05) is 13.1 Å². The molecule has 0 saturated carbocycles. The lowest BCUT2D eigenvalue weighted by atomic mass is 10.1. The van der Waals surface area contributed by atoms with Crippen molar-refractivity contribution in [3.63, 3.8) is 0 Å². The number of hydrogen-bond acceptors (Lipinski definition) is 3. The molecule has 0 amide bonds. The van der Waals surface area contributed by atoms with Crippen LogP contribution in [0.15, 0.2) is 27.6 Å². The molecule has 1 aromatic carbocycles. The number of sulfonamides is 1. The molecule has 1 aromatic rings. The van der Waals surface area contributed by atoms with Crippen LogP contribution < -0.4 is 0 Å². The third-order valence-electron chi connectivity index (χ3n) is 3.61. The van der Waals surface area contributed by atoms with Gasteiger partial charge in [0, 0.05) is 17.6 Å². The van der Waals surface area contributed by atoms with E-state index in [9.17, 15) is 13.5 Å². The molecular formula is C14H20BrNO3S. The smallest absolute Gasteiger partial charge is 0.244 e. The minimum atomic E-state index is -3.49. The van der Waals surface area contributed by atoms with Gasteiger partial charge in [0.25, 0.3) is 0 Å². The maximum absolute atomic E-state index is 12.8. The molecule has 112 valence electrons. The first-order valence-corrected chi connectivity index (χ1v) is 9.18.